The van der Waals surface area contributed by atoms with Gasteiger partial charge in [0.25, 0.3) is 0 Å². The van der Waals surface area contributed by atoms with Crippen LogP contribution in [-0.2, 0) is 6.54 Å². The van der Waals surface area contributed by atoms with E-state index >= 15 is 0 Å². The second kappa shape index (κ2) is 7.57. The van der Waals surface area contributed by atoms with Crippen molar-refractivity contribution in [2.45, 2.75) is 47.2 Å². The highest BCUT2D eigenvalue weighted by Crippen LogP contribution is 2.03. The van der Waals surface area contributed by atoms with Crippen LogP contribution in [0.2, 0.25) is 0 Å². The molecule has 0 heterocycles. The lowest BCUT2D eigenvalue weighted by atomic mass is 10.1. The first-order valence-corrected chi connectivity index (χ1v) is 5.47. The molecule has 0 aliphatic rings. The highest BCUT2D eigenvalue weighted by molar-refractivity contribution is 5.21. The molecule has 0 saturated heterocycles. The predicted molar refractivity (Wildman–Crippen MR) is 64.5 cm³/mol. The molecule has 1 aromatic carbocycles. The Hall–Kier alpha value is -0.820. The topological polar surface area (TPSA) is 12.0 Å². The molecule has 0 spiro atoms. The molecule has 0 aliphatic carbocycles. The third kappa shape index (κ3) is 5.76. The molecule has 0 unspecified atom stereocenters. The lowest BCUT2D eigenvalue weighted by Crippen LogP contribution is -2.21. The van der Waals surface area contributed by atoms with Crippen molar-refractivity contribution in [3.63, 3.8) is 0 Å². The summed E-state index contributed by atoms with van der Waals surface area (Å²) < 4.78 is 0. The summed E-state index contributed by atoms with van der Waals surface area (Å²) in [5.74, 6) is 0. The summed E-state index contributed by atoms with van der Waals surface area (Å²) in [7, 11) is 0. The van der Waals surface area contributed by atoms with Gasteiger partial charge in [-0.1, -0.05) is 57.5 Å². The van der Waals surface area contributed by atoms with E-state index < -0.39 is 0 Å². The van der Waals surface area contributed by atoms with Crippen LogP contribution in [0.15, 0.2) is 24.3 Å². The predicted octanol–water partition coefficient (Wildman–Crippen LogP) is 3.52. The van der Waals surface area contributed by atoms with Crippen molar-refractivity contribution in [1.82, 2.24) is 5.32 Å². The second-order valence-electron chi connectivity index (χ2n) is 3.52. The number of aryl methyl sites for hydroxylation is 1. The fraction of sp³-hybridized carbons (Fsp3) is 0.538. The summed E-state index contributed by atoms with van der Waals surface area (Å²) >= 11 is 0. The summed E-state index contributed by atoms with van der Waals surface area (Å²) in [6.45, 7) is 11.4. The SMILES string of the molecule is CC.Cc1cccc(CNC(C)C)c1. The van der Waals surface area contributed by atoms with Crippen LogP contribution in [-0.4, -0.2) is 6.04 Å². The van der Waals surface area contributed by atoms with Gasteiger partial charge in [-0.15, -0.1) is 0 Å². The van der Waals surface area contributed by atoms with Crippen LogP contribution in [0.4, 0.5) is 0 Å². The summed E-state index contributed by atoms with van der Waals surface area (Å²) in [5, 5.41) is 3.39. The maximum Gasteiger partial charge on any atom is 0.0207 e. The van der Waals surface area contributed by atoms with Gasteiger partial charge in [-0.05, 0) is 12.5 Å². The molecule has 14 heavy (non-hydrogen) atoms. The Morgan fingerprint density at radius 2 is 1.86 bits per heavy atom. The van der Waals surface area contributed by atoms with Crippen molar-refractivity contribution < 1.29 is 0 Å². The van der Waals surface area contributed by atoms with Gasteiger partial charge < -0.3 is 5.32 Å². The molecule has 1 N–H and O–H groups in total. The van der Waals surface area contributed by atoms with Gasteiger partial charge in [-0.2, -0.15) is 0 Å². The second-order valence-corrected chi connectivity index (χ2v) is 3.52. The van der Waals surface area contributed by atoms with Crippen molar-refractivity contribution >= 4 is 0 Å². The number of hydrogen-bond donors (Lipinski definition) is 1. The molecule has 1 rings (SSSR count). The van der Waals surface area contributed by atoms with E-state index in [1.54, 1.807) is 0 Å². The summed E-state index contributed by atoms with van der Waals surface area (Å²) in [6.07, 6.45) is 0. The number of rotatable bonds is 3. The molecule has 0 bridgehead atoms. The van der Waals surface area contributed by atoms with Gasteiger partial charge in [-0.25, -0.2) is 0 Å². The normalized spacial score (nSPS) is 9.57. The monoisotopic (exact) mass is 193 g/mol. The van der Waals surface area contributed by atoms with Gasteiger partial charge in [0.1, 0.15) is 0 Å². The minimum Gasteiger partial charge on any atom is -0.310 e. The Kier molecular flexibility index (Phi) is 7.13. The van der Waals surface area contributed by atoms with E-state index in [9.17, 15) is 0 Å². The first kappa shape index (κ1) is 13.2. The van der Waals surface area contributed by atoms with E-state index in [0.717, 1.165) is 6.54 Å². The first-order valence-electron chi connectivity index (χ1n) is 5.47. The molecule has 0 amide bonds. The summed E-state index contributed by atoms with van der Waals surface area (Å²) in [5.41, 5.74) is 2.70. The fourth-order valence-corrected chi connectivity index (χ4v) is 1.14. The standard InChI is InChI=1S/C11H17N.C2H6/c1-9(2)12-8-11-6-4-5-10(3)7-11;1-2/h4-7,9,12H,8H2,1-3H3;1-2H3. The minimum absolute atomic E-state index is 0.561. The van der Waals surface area contributed by atoms with E-state index in [4.69, 9.17) is 0 Å². The fourth-order valence-electron chi connectivity index (χ4n) is 1.14. The molecule has 80 valence electrons. The average Bonchev–Trinajstić information content (AvgIpc) is 2.18. The van der Waals surface area contributed by atoms with E-state index in [-0.39, 0.29) is 0 Å². The molecule has 0 saturated carbocycles. The zero-order valence-corrected chi connectivity index (χ0v) is 10.1. The van der Waals surface area contributed by atoms with E-state index in [1.807, 2.05) is 13.8 Å². The highest BCUT2D eigenvalue weighted by atomic mass is 14.9. The van der Waals surface area contributed by atoms with Crippen LogP contribution in [0.1, 0.15) is 38.8 Å². The number of hydrogen-bond acceptors (Lipinski definition) is 1. The molecule has 0 radical (unpaired) electrons. The Morgan fingerprint density at radius 3 is 2.36 bits per heavy atom. The van der Waals surface area contributed by atoms with Gasteiger partial charge >= 0.3 is 0 Å². The molecule has 1 nitrogen and oxygen atoms in total. The molecule has 0 atom stereocenters. The first-order chi connectivity index (χ1) is 6.68. The minimum atomic E-state index is 0.561. The number of nitrogens with one attached hydrogen (secondary N) is 1. The highest BCUT2D eigenvalue weighted by Gasteiger charge is 1.94. The molecule has 1 aromatic rings. The smallest absolute Gasteiger partial charge is 0.0207 e. The van der Waals surface area contributed by atoms with Crippen molar-refractivity contribution in [1.29, 1.82) is 0 Å². The summed E-state index contributed by atoms with van der Waals surface area (Å²) in [6, 6.07) is 9.16. The van der Waals surface area contributed by atoms with Crippen LogP contribution < -0.4 is 5.32 Å². The van der Waals surface area contributed by atoms with Gasteiger partial charge in [0, 0.05) is 12.6 Å². The quantitative estimate of drug-likeness (QED) is 0.774. The van der Waals surface area contributed by atoms with Gasteiger partial charge in [0.2, 0.25) is 0 Å². The van der Waals surface area contributed by atoms with Gasteiger partial charge in [0.05, 0.1) is 0 Å². The lowest BCUT2D eigenvalue weighted by Gasteiger charge is -2.07. The molecule has 0 fully saturated rings. The number of benzene rings is 1. The molecular formula is C13H23N. The Balaban J connectivity index is 0.000000791. The summed E-state index contributed by atoms with van der Waals surface area (Å²) in [4.78, 5) is 0. The average molecular weight is 193 g/mol. The zero-order valence-electron chi connectivity index (χ0n) is 10.1. The maximum atomic E-state index is 3.39. The Bertz CT molecular complexity index is 241. The van der Waals surface area contributed by atoms with Gasteiger partial charge in [0.15, 0.2) is 0 Å². The third-order valence-electron chi connectivity index (χ3n) is 1.80. The molecular weight excluding hydrogens is 170 g/mol. The van der Waals surface area contributed by atoms with Crippen LogP contribution in [0.25, 0.3) is 0 Å². The van der Waals surface area contributed by atoms with Crippen molar-refractivity contribution in [2.75, 3.05) is 0 Å². The molecule has 0 aliphatic heterocycles. The van der Waals surface area contributed by atoms with Crippen LogP contribution in [0, 0.1) is 6.92 Å². The van der Waals surface area contributed by atoms with E-state index in [0.29, 0.717) is 6.04 Å². The van der Waals surface area contributed by atoms with Crippen molar-refractivity contribution in [3.8, 4) is 0 Å². The maximum absolute atomic E-state index is 3.39. The van der Waals surface area contributed by atoms with E-state index in [2.05, 4.69) is 50.4 Å². The third-order valence-corrected chi connectivity index (χ3v) is 1.80. The largest absolute Gasteiger partial charge is 0.310 e. The van der Waals surface area contributed by atoms with Crippen molar-refractivity contribution in [3.05, 3.63) is 35.4 Å². The molecule has 1 heteroatoms. The van der Waals surface area contributed by atoms with Crippen molar-refractivity contribution in [2.24, 2.45) is 0 Å². The van der Waals surface area contributed by atoms with E-state index in [1.165, 1.54) is 11.1 Å². The van der Waals surface area contributed by atoms with Crippen LogP contribution in [0.5, 0.6) is 0 Å². The Labute approximate surface area is 88.5 Å². The molecule has 0 aromatic heterocycles. The van der Waals surface area contributed by atoms with Gasteiger partial charge in [-0.3, -0.25) is 0 Å². The zero-order chi connectivity index (χ0) is 11.0. The lowest BCUT2D eigenvalue weighted by molar-refractivity contribution is 0.588. The van der Waals surface area contributed by atoms with Crippen LogP contribution >= 0.6 is 0 Å². The Morgan fingerprint density at radius 1 is 1.21 bits per heavy atom. The van der Waals surface area contributed by atoms with Crippen LogP contribution in [0.3, 0.4) is 0 Å².